The van der Waals surface area contributed by atoms with Gasteiger partial charge in [0, 0.05) is 26.7 Å². The van der Waals surface area contributed by atoms with Crippen LogP contribution in [0.4, 0.5) is 17.3 Å². The summed E-state index contributed by atoms with van der Waals surface area (Å²) in [5.41, 5.74) is 0.0416. The Morgan fingerprint density at radius 2 is 2.42 bits per heavy atom. The average Bonchev–Trinajstić information content (AvgIpc) is 2.87. The highest BCUT2D eigenvalue weighted by atomic mass is 16.6. The van der Waals surface area contributed by atoms with Gasteiger partial charge in [-0.1, -0.05) is 0 Å². The Morgan fingerprint density at radius 1 is 1.63 bits per heavy atom. The summed E-state index contributed by atoms with van der Waals surface area (Å²) in [4.78, 5) is 16.9. The lowest BCUT2D eigenvalue weighted by atomic mass is 10.1. The third-order valence-corrected chi connectivity index (χ3v) is 3.41. The van der Waals surface area contributed by atoms with Crippen LogP contribution in [0, 0.1) is 16.0 Å². The van der Waals surface area contributed by atoms with E-state index in [2.05, 4.69) is 10.3 Å². The van der Waals surface area contributed by atoms with Crippen molar-refractivity contribution in [2.24, 2.45) is 5.92 Å². The van der Waals surface area contributed by atoms with E-state index < -0.39 is 4.92 Å². The second-order valence-electron chi connectivity index (χ2n) is 4.69. The predicted molar refractivity (Wildman–Crippen MR) is 72.5 cm³/mol. The third kappa shape index (κ3) is 3.11. The van der Waals surface area contributed by atoms with Crippen LogP contribution < -0.4 is 10.2 Å². The number of aliphatic hydroxyl groups is 1. The maximum atomic E-state index is 10.9. The van der Waals surface area contributed by atoms with Gasteiger partial charge in [0.25, 0.3) is 5.69 Å². The van der Waals surface area contributed by atoms with Gasteiger partial charge in [0.1, 0.15) is 11.6 Å². The van der Waals surface area contributed by atoms with E-state index in [4.69, 9.17) is 5.11 Å². The highest BCUT2D eigenvalue weighted by Crippen LogP contribution is 2.28. The van der Waals surface area contributed by atoms with Crippen molar-refractivity contribution in [2.75, 3.05) is 37.0 Å². The topological polar surface area (TPSA) is 91.5 Å². The Balaban J connectivity index is 2.20. The highest BCUT2D eigenvalue weighted by Gasteiger charge is 2.24. The molecule has 0 aromatic carbocycles. The van der Waals surface area contributed by atoms with Crippen LogP contribution in [0.2, 0.25) is 0 Å². The molecular weight excluding hydrogens is 248 g/mol. The van der Waals surface area contributed by atoms with E-state index in [1.807, 2.05) is 4.90 Å². The first kappa shape index (κ1) is 13.5. The molecule has 1 aliphatic rings. The molecular formula is C12H18N4O3. The number of hydrogen-bond donors (Lipinski definition) is 2. The van der Waals surface area contributed by atoms with Gasteiger partial charge in [-0.15, -0.1) is 0 Å². The zero-order valence-corrected chi connectivity index (χ0v) is 10.9. The van der Waals surface area contributed by atoms with Gasteiger partial charge in [-0.05, 0) is 18.8 Å². The molecule has 2 rings (SSSR count). The van der Waals surface area contributed by atoms with Crippen molar-refractivity contribution in [1.82, 2.24) is 4.98 Å². The van der Waals surface area contributed by atoms with Gasteiger partial charge in [0.05, 0.1) is 17.1 Å². The highest BCUT2D eigenvalue weighted by molar-refractivity contribution is 5.56. The first-order valence-corrected chi connectivity index (χ1v) is 6.34. The van der Waals surface area contributed by atoms with Gasteiger partial charge in [-0.3, -0.25) is 10.1 Å². The van der Waals surface area contributed by atoms with Gasteiger partial charge in [0.15, 0.2) is 0 Å². The molecule has 1 unspecified atom stereocenters. The fraction of sp³-hybridized carbons (Fsp3) is 0.583. The van der Waals surface area contributed by atoms with Gasteiger partial charge < -0.3 is 15.3 Å². The number of nitrogens with zero attached hydrogens (tertiary/aromatic N) is 3. The van der Waals surface area contributed by atoms with E-state index in [1.165, 1.54) is 12.1 Å². The number of hydrogen-bond acceptors (Lipinski definition) is 6. The molecule has 2 heterocycles. The predicted octanol–water partition coefficient (Wildman–Crippen LogP) is 1.24. The third-order valence-electron chi connectivity index (χ3n) is 3.41. The molecule has 1 atom stereocenters. The van der Waals surface area contributed by atoms with Crippen LogP contribution in [0.5, 0.6) is 0 Å². The van der Waals surface area contributed by atoms with Crippen molar-refractivity contribution in [1.29, 1.82) is 0 Å². The zero-order chi connectivity index (χ0) is 13.8. The van der Waals surface area contributed by atoms with Crippen LogP contribution in [-0.4, -0.2) is 41.8 Å². The summed E-state index contributed by atoms with van der Waals surface area (Å²) in [5.74, 6) is 1.55. The van der Waals surface area contributed by atoms with Crippen LogP contribution in [0.1, 0.15) is 12.8 Å². The molecule has 7 nitrogen and oxygen atoms in total. The smallest absolute Gasteiger partial charge is 0.276 e. The fourth-order valence-electron chi connectivity index (χ4n) is 2.36. The summed E-state index contributed by atoms with van der Waals surface area (Å²) in [6, 6.07) is 2.92. The molecule has 0 amide bonds. The molecule has 7 heteroatoms. The maximum Gasteiger partial charge on any atom is 0.276 e. The molecule has 19 heavy (non-hydrogen) atoms. The van der Waals surface area contributed by atoms with Gasteiger partial charge >= 0.3 is 0 Å². The van der Waals surface area contributed by atoms with Crippen molar-refractivity contribution in [2.45, 2.75) is 12.8 Å². The number of nitrogens with one attached hydrogen (secondary N) is 1. The number of anilines is 2. The molecule has 0 spiro atoms. The molecule has 104 valence electrons. The Hall–Kier alpha value is -1.89. The lowest BCUT2D eigenvalue weighted by Crippen LogP contribution is -2.21. The number of aromatic nitrogens is 1. The number of aliphatic hydroxyl groups excluding tert-OH is 1. The van der Waals surface area contributed by atoms with Crippen molar-refractivity contribution >= 4 is 17.3 Å². The summed E-state index contributed by atoms with van der Waals surface area (Å²) in [6.45, 7) is 1.79. The van der Waals surface area contributed by atoms with Crippen LogP contribution in [0.25, 0.3) is 0 Å². The Kier molecular flexibility index (Phi) is 4.16. The first-order chi connectivity index (χ1) is 9.13. The molecule has 1 fully saturated rings. The van der Waals surface area contributed by atoms with E-state index in [9.17, 15) is 10.1 Å². The van der Waals surface area contributed by atoms with E-state index >= 15 is 0 Å². The second-order valence-corrected chi connectivity index (χ2v) is 4.69. The summed E-state index contributed by atoms with van der Waals surface area (Å²) < 4.78 is 0. The van der Waals surface area contributed by atoms with Crippen LogP contribution >= 0.6 is 0 Å². The molecule has 1 aliphatic heterocycles. The van der Waals surface area contributed by atoms with E-state index in [1.54, 1.807) is 7.05 Å². The van der Waals surface area contributed by atoms with Crippen molar-refractivity contribution in [3.05, 3.63) is 22.2 Å². The molecule has 1 saturated heterocycles. The van der Waals surface area contributed by atoms with Crippen molar-refractivity contribution in [3.8, 4) is 0 Å². The van der Waals surface area contributed by atoms with Crippen LogP contribution in [0.15, 0.2) is 12.1 Å². The minimum atomic E-state index is -0.409. The summed E-state index contributed by atoms with van der Waals surface area (Å²) in [6.07, 6.45) is 1.75. The fourth-order valence-corrected chi connectivity index (χ4v) is 2.36. The van der Waals surface area contributed by atoms with Gasteiger partial charge in [0.2, 0.25) is 0 Å². The minimum Gasteiger partial charge on any atom is -0.396 e. The summed E-state index contributed by atoms with van der Waals surface area (Å²) >= 11 is 0. The van der Waals surface area contributed by atoms with Crippen molar-refractivity contribution in [3.63, 3.8) is 0 Å². The molecule has 0 saturated carbocycles. The maximum absolute atomic E-state index is 10.9. The normalized spacial score (nSPS) is 18.6. The van der Waals surface area contributed by atoms with E-state index in [-0.39, 0.29) is 12.3 Å². The average molecular weight is 266 g/mol. The van der Waals surface area contributed by atoms with E-state index in [0.717, 1.165) is 25.9 Å². The minimum absolute atomic E-state index is 0.0416. The summed E-state index contributed by atoms with van der Waals surface area (Å²) in [5, 5.41) is 22.7. The standard InChI is InChI=1S/C12H18N4O3/c1-13-11-6-10(16(18)19)7-12(14-11)15-4-2-9(8-15)3-5-17/h6-7,9,17H,2-5,8H2,1H3,(H,13,14). The molecule has 0 aliphatic carbocycles. The molecule has 0 radical (unpaired) electrons. The monoisotopic (exact) mass is 266 g/mol. The lowest BCUT2D eigenvalue weighted by Gasteiger charge is -2.18. The Labute approximate surface area is 111 Å². The molecule has 0 bridgehead atoms. The van der Waals surface area contributed by atoms with E-state index in [0.29, 0.717) is 17.6 Å². The van der Waals surface area contributed by atoms with Gasteiger partial charge in [-0.25, -0.2) is 4.98 Å². The Morgan fingerprint density at radius 3 is 3.05 bits per heavy atom. The SMILES string of the molecule is CNc1cc([N+](=O)[O-])cc(N2CCC(CCO)C2)n1. The molecule has 2 N–H and O–H groups in total. The summed E-state index contributed by atoms with van der Waals surface area (Å²) in [7, 11) is 1.69. The number of rotatable bonds is 5. The number of nitro groups is 1. The first-order valence-electron chi connectivity index (χ1n) is 6.34. The Bertz CT molecular complexity index is 466. The largest absolute Gasteiger partial charge is 0.396 e. The van der Waals surface area contributed by atoms with Gasteiger partial charge in [-0.2, -0.15) is 0 Å². The lowest BCUT2D eigenvalue weighted by molar-refractivity contribution is -0.384. The number of pyridine rings is 1. The van der Waals surface area contributed by atoms with Crippen molar-refractivity contribution < 1.29 is 10.0 Å². The zero-order valence-electron chi connectivity index (χ0n) is 10.9. The second kappa shape index (κ2) is 5.83. The van der Waals surface area contributed by atoms with Crippen LogP contribution in [0.3, 0.4) is 0 Å². The molecule has 1 aromatic heterocycles. The molecule has 1 aromatic rings. The quantitative estimate of drug-likeness (QED) is 0.615. The van der Waals surface area contributed by atoms with Crippen LogP contribution in [-0.2, 0) is 0 Å².